The van der Waals surface area contributed by atoms with Crippen LogP contribution in [0.15, 0.2) is 22.7 Å². The molecule has 0 aliphatic rings. The van der Waals surface area contributed by atoms with Crippen LogP contribution in [-0.4, -0.2) is 22.3 Å². The number of aromatic amines is 1. The predicted molar refractivity (Wildman–Crippen MR) is 60.8 cm³/mol. The van der Waals surface area contributed by atoms with Gasteiger partial charge in [-0.2, -0.15) is 5.10 Å². The first-order valence-corrected chi connectivity index (χ1v) is 5.23. The molecule has 5 heteroatoms. The third kappa shape index (κ3) is 2.02. The van der Waals surface area contributed by atoms with Gasteiger partial charge in [-0.15, -0.1) is 0 Å². The molecule has 0 unspecified atom stereocenters. The van der Waals surface area contributed by atoms with Gasteiger partial charge in [-0.25, -0.2) is 4.98 Å². The number of H-pyrrole nitrogens is 1. The van der Waals surface area contributed by atoms with Gasteiger partial charge >= 0.3 is 0 Å². The SMILES string of the molecule is COc1ccc(-c2n[nH]c(C)n2)cc1Br. The van der Waals surface area contributed by atoms with Crippen LogP contribution in [0.2, 0.25) is 0 Å². The molecule has 0 aliphatic heterocycles. The molecule has 0 aliphatic carbocycles. The van der Waals surface area contributed by atoms with E-state index in [0.717, 1.165) is 21.6 Å². The minimum atomic E-state index is 0.691. The average molecular weight is 268 g/mol. The molecule has 1 N–H and O–H groups in total. The normalized spacial score (nSPS) is 10.3. The highest BCUT2D eigenvalue weighted by Crippen LogP contribution is 2.28. The van der Waals surface area contributed by atoms with Gasteiger partial charge in [0, 0.05) is 5.56 Å². The number of ether oxygens (including phenoxy) is 1. The van der Waals surface area contributed by atoms with Crippen LogP contribution in [0.4, 0.5) is 0 Å². The third-order valence-corrected chi connectivity index (χ3v) is 2.63. The minimum Gasteiger partial charge on any atom is -0.496 e. The second kappa shape index (κ2) is 4.02. The largest absolute Gasteiger partial charge is 0.496 e. The molecule has 1 aromatic heterocycles. The number of hydrogen-bond acceptors (Lipinski definition) is 3. The summed E-state index contributed by atoms with van der Waals surface area (Å²) >= 11 is 3.42. The molecule has 0 saturated carbocycles. The number of halogens is 1. The summed E-state index contributed by atoms with van der Waals surface area (Å²) in [6, 6.07) is 5.73. The molecule has 0 saturated heterocycles. The Labute approximate surface area is 95.8 Å². The van der Waals surface area contributed by atoms with Crippen LogP contribution >= 0.6 is 15.9 Å². The topological polar surface area (TPSA) is 50.8 Å². The van der Waals surface area contributed by atoms with Crippen LogP contribution in [-0.2, 0) is 0 Å². The monoisotopic (exact) mass is 267 g/mol. The fraction of sp³-hybridized carbons (Fsp3) is 0.200. The van der Waals surface area contributed by atoms with Crippen LogP contribution in [0.3, 0.4) is 0 Å². The summed E-state index contributed by atoms with van der Waals surface area (Å²) in [5, 5.41) is 6.89. The molecule has 0 spiro atoms. The van der Waals surface area contributed by atoms with Gasteiger partial charge in [-0.1, -0.05) is 0 Å². The van der Waals surface area contributed by atoms with Gasteiger partial charge in [0.1, 0.15) is 11.6 Å². The van der Waals surface area contributed by atoms with Crippen LogP contribution in [0.25, 0.3) is 11.4 Å². The zero-order valence-electron chi connectivity index (χ0n) is 8.41. The minimum absolute atomic E-state index is 0.691. The zero-order valence-corrected chi connectivity index (χ0v) is 10.00. The molecule has 0 fully saturated rings. The van der Waals surface area contributed by atoms with E-state index in [9.17, 15) is 0 Å². The number of methoxy groups -OCH3 is 1. The molecule has 1 aromatic carbocycles. The number of hydrogen-bond donors (Lipinski definition) is 1. The van der Waals surface area contributed by atoms with E-state index in [0.29, 0.717) is 5.82 Å². The summed E-state index contributed by atoms with van der Waals surface area (Å²) in [7, 11) is 1.64. The number of nitrogens with zero attached hydrogens (tertiary/aromatic N) is 2. The maximum atomic E-state index is 5.15. The third-order valence-electron chi connectivity index (χ3n) is 2.01. The Morgan fingerprint density at radius 1 is 1.40 bits per heavy atom. The van der Waals surface area contributed by atoms with Gasteiger partial charge in [0.15, 0.2) is 5.82 Å². The molecule has 4 nitrogen and oxygen atoms in total. The maximum absolute atomic E-state index is 5.15. The van der Waals surface area contributed by atoms with Crippen molar-refractivity contribution in [3.8, 4) is 17.1 Å². The predicted octanol–water partition coefficient (Wildman–Crippen LogP) is 2.55. The first-order valence-electron chi connectivity index (χ1n) is 4.43. The quantitative estimate of drug-likeness (QED) is 0.910. The Kier molecular flexibility index (Phi) is 2.73. The number of rotatable bonds is 2. The van der Waals surface area contributed by atoms with Crippen LogP contribution in [0.5, 0.6) is 5.75 Å². The van der Waals surface area contributed by atoms with Crippen molar-refractivity contribution in [3.63, 3.8) is 0 Å². The smallest absolute Gasteiger partial charge is 0.181 e. The van der Waals surface area contributed by atoms with Gasteiger partial charge in [0.2, 0.25) is 0 Å². The van der Waals surface area contributed by atoms with Crippen molar-refractivity contribution in [1.82, 2.24) is 15.2 Å². The molecule has 0 amide bonds. The molecule has 1 heterocycles. The summed E-state index contributed by atoms with van der Waals surface area (Å²) in [6.45, 7) is 1.87. The molecular formula is C10H10BrN3O. The van der Waals surface area contributed by atoms with E-state index in [2.05, 4.69) is 31.1 Å². The first-order chi connectivity index (χ1) is 7.20. The highest BCUT2D eigenvalue weighted by Gasteiger charge is 2.06. The molecule has 15 heavy (non-hydrogen) atoms. The van der Waals surface area contributed by atoms with Crippen molar-refractivity contribution in [1.29, 1.82) is 0 Å². The lowest BCUT2D eigenvalue weighted by atomic mass is 10.2. The zero-order chi connectivity index (χ0) is 10.8. The van der Waals surface area contributed by atoms with E-state index >= 15 is 0 Å². The van der Waals surface area contributed by atoms with Crippen LogP contribution in [0, 0.1) is 6.92 Å². The average Bonchev–Trinajstić information content (AvgIpc) is 2.65. The standard InChI is InChI=1S/C10H10BrN3O/c1-6-12-10(14-13-6)7-3-4-9(15-2)8(11)5-7/h3-5H,1-2H3,(H,12,13,14). The molecule has 0 atom stereocenters. The number of nitrogens with one attached hydrogen (secondary N) is 1. The summed E-state index contributed by atoms with van der Waals surface area (Å²) in [5.41, 5.74) is 0.951. The Morgan fingerprint density at radius 2 is 2.20 bits per heavy atom. The highest BCUT2D eigenvalue weighted by molar-refractivity contribution is 9.10. The van der Waals surface area contributed by atoms with E-state index in [-0.39, 0.29) is 0 Å². The second-order valence-electron chi connectivity index (χ2n) is 3.09. The van der Waals surface area contributed by atoms with Crippen molar-refractivity contribution in [2.45, 2.75) is 6.92 Å². The lowest BCUT2D eigenvalue weighted by Crippen LogP contribution is -1.86. The Bertz CT molecular complexity index is 481. The van der Waals surface area contributed by atoms with Gasteiger partial charge in [0.05, 0.1) is 11.6 Å². The number of benzene rings is 1. The van der Waals surface area contributed by atoms with Gasteiger partial charge in [-0.05, 0) is 41.1 Å². The van der Waals surface area contributed by atoms with Crippen molar-refractivity contribution < 1.29 is 4.74 Å². The van der Waals surface area contributed by atoms with Crippen LogP contribution < -0.4 is 4.74 Å². The Hall–Kier alpha value is -1.36. The summed E-state index contributed by atoms with van der Waals surface area (Å²) in [5.74, 6) is 2.29. The fourth-order valence-electron chi connectivity index (χ4n) is 1.28. The summed E-state index contributed by atoms with van der Waals surface area (Å²) in [4.78, 5) is 4.25. The summed E-state index contributed by atoms with van der Waals surface area (Å²) in [6.07, 6.45) is 0. The van der Waals surface area contributed by atoms with E-state index in [4.69, 9.17) is 4.74 Å². The van der Waals surface area contributed by atoms with Crippen molar-refractivity contribution >= 4 is 15.9 Å². The van der Waals surface area contributed by atoms with E-state index < -0.39 is 0 Å². The fourth-order valence-corrected chi connectivity index (χ4v) is 1.82. The lowest BCUT2D eigenvalue weighted by molar-refractivity contribution is 0.412. The van der Waals surface area contributed by atoms with Gasteiger partial charge in [0.25, 0.3) is 0 Å². The summed E-state index contributed by atoms with van der Waals surface area (Å²) < 4.78 is 6.04. The van der Waals surface area contributed by atoms with Gasteiger partial charge in [-0.3, -0.25) is 5.10 Å². The number of aromatic nitrogens is 3. The van der Waals surface area contributed by atoms with E-state index in [1.807, 2.05) is 25.1 Å². The van der Waals surface area contributed by atoms with E-state index in [1.165, 1.54) is 0 Å². The lowest BCUT2D eigenvalue weighted by Gasteiger charge is -2.03. The van der Waals surface area contributed by atoms with E-state index in [1.54, 1.807) is 7.11 Å². The number of aryl methyl sites for hydroxylation is 1. The van der Waals surface area contributed by atoms with Crippen LogP contribution in [0.1, 0.15) is 5.82 Å². The highest BCUT2D eigenvalue weighted by atomic mass is 79.9. The molecule has 2 aromatic rings. The Balaban J connectivity index is 2.42. The Morgan fingerprint density at radius 3 is 2.73 bits per heavy atom. The van der Waals surface area contributed by atoms with Crippen molar-refractivity contribution in [2.75, 3.05) is 7.11 Å². The molecule has 2 rings (SSSR count). The molecular weight excluding hydrogens is 258 g/mol. The second-order valence-corrected chi connectivity index (χ2v) is 3.95. The van der Waals surface area contributed by atoms with Crippen molar-refractivity contribution in [3.05, 3.63) is 28.5 Å². The molecule has 0 bridgehead atoms. The molecule has 78 valence electrons. The van der Waals surface area contributed by atoms with Crippen molar-refractivity contribution in [2.24, 2.45) is 0 Å². The van der Waals surface area contributed by atoms with Gasteiger partial charge < -0.3 is 4.74 Å². The maximum Gasteiger partial charge on any atom is 0.181 e. The first kappa shape index (κ1) is 10.2. The molecule has 0 radical (unpaired) electrons.